The summed E-state index contributed by atoms with van der Waals surface area (Å²) in [6.45, 7) is 3.08. The van der Waals surface area contributed by atoms with Gasteiger partial charge in [0.05, 0.1) is 25.2 Å². The van der Waals surface area contributed by atoms with Crippen LogP contribution in [0.3, 0.4) is 0 Å². The third-order valence-corrected chi connectivity index (χ3v) is 6.91. The fraction of sp³-hybridized carbons (Fsp3) is 0.304. The van der Waals surface area contributed by atoms with Gasteiger partial charge in [0.15, 0.2) is 0 Å². The van der Waals surface area contributed by atoms with E-state index in [1.54, 1.807) is 19.2 Å². The summed E-state index contributed by atoms with van der Waals surface area (Å²) in [5.41, 5.74) is 1.04. The van der Waals surface area contributed by atoms with Crippen molar-refractivity contribution in [3.63, 3.8) is 0 Å². The molecule has 6 nitrogen and oxygen atoms in total. The fourth-order valence-corrected chi connectivity index (χ4v) is 4.85. The number of nitrogens with zero attached hydrogens (tertiary/aromatic N) is 1. The number of fused-ring (bicyclic) bond motifs is 1. The maximum absolute atomic E-state index is 13.0. The fourth-order valence-electron chi connectivity index (χ4n) is 3.78. The molecule has 0 radical (unpaired) electrons. The Bertz CT molecular complexity index is 1090. The van der Waals surface area contributed by atoms with Gasteiger partial charge in [0.1, 0.15) is 5.75 Å². The Kier molecular flexibility index (Phi) is 6.34. The molecular formula is C23H26N2O4S. The highest BCUT2D eigenvalue weighted by Gasteiger charge is 2.25. The van der Waals surface area contributed by atoms with Crippen molar-refractivity contribution in [2.24, 2.45) is 0 Å². The van der Waals surface area contributed by atoms with E-state index in [4.69, 9.17) is 9.47 Å². The van der Waals surface area contributed by atoms with E-state index in [2.05, 4.69) is 9.62 Å². The molecule has 1 fully saturated rings. The topological polar surface area (TPSA) is 67.9 Å². The maximum Gasteiger partial charge on any atom is 0.240 e. The van der Waals surface area contributed by atoms with E-state index in [0.717, 1.165) is 35.2 Å². The van der Waals surface area contributed by atoms with Crippen LogP contribution in [-0.4, -0.2) is 53.3 Å². The molecule has 1 heterocycles. The maximum atomic E-state index is 13.0. The lowest BCUT2D eigenvalue weighted by Gasteiger charge is -2.35. The number of hydrogen-bond acceptors (Lipinski definition) is 5. The highest BCUT2D eigenvalue weighted by atomic mass is 32.2. The summed E-state index contributed by atoms with van der Waals surface area (Å²) >= 11 is 0. The van der Waals surface area contributed by atoms with Gasteiger partial charge in [0.2, 0.25) is 10.0 Å². The largest absolute Gasteiger partial charge is 0.497 e. The molecule has 1 atom stereocenters. The van der Waals surface area contributed by atoms with Crippen molar-refractivity contribution in [3.05, 3.63) is 72.3 Å². The molecular weight excluding hydrogens is 400 g/mol. The summed E-state index contributed by atoms with van der Waals surface area (Å²) in [7, 11) is -2.01. The van der Waals surface area contributed by atoms with Crippen LogP contribution < -0.4 is 9.46 Å². The first kappa shape index (κ1) is 20.8. The molecule has 1 aliphatic heterocycles. The summed E-state index contributed by atoms with van der Waals surface area (Å²) in [5.74, 6) is 0.774. The van der Waals surface area contributed by atoms with E-state index in [1.165, 1.54) is 0 Å². The van der Waals surface area contributed by atoms with Crippen molar-refractivity contribution in [3.8, 4) is 5.75 Å². The van der Waals surface area contributed by atoms with Crippen molar-refractivity contribution >= 4 is 20.8 Å². The average molecular weight is 427 g/mol. The minimum absolute atomic E-state index is 0.0879. The van der Waals surface area contributed by atoms with Crippen LogP contribution in [0.15, 0.2) is 71.6 Å². The number of methoxy groups -OCH3 is 1. The second kappa shape index (κ2) is 9.14. The van der Waals surface area contributed by atoms with Gasteiger partial charge in [-0.05, 0) is 40.6 Å². The second-order valence-electron chi connectivity index (χ2n) is 7.30. The first-order valence-corrected chi connectivity index (χ1v) is 11.5. The molecule has 0 bridgehead atoms. The Balaban J connectivity index is 1.56. The highest BCUT2D eigenvalue weighted by molar-refractivity contribution is 7.89. The van der Waals surface area contributed by atoms with E-state index >= 15 is 0 Å². The summed E-state index contributed by atoms with van der Waals surface area (Å²) in [6, 6.07) is 20.6. The Hall–Kier alpha value is -2.45. The molecule has 1 N–H and O–H groups in total. The van der Waals surface area contributed by atoms with Crippen LogP contribution in [0, 0.1) is 0 Å². The summed E-state index contributed by atoms with van der Waals surface area (Å²) in [4.78, 5) is 2.53. The smallest absolute Gasteiger partial charge is 0.240 e. The van der Waals surface area contributed by atoms with Gasteiger partial charge in [-0.15, -0.1) is 0 Å². The van der Waals surface area contributed by atoms with Crippen molar-refractivity contribution in [1.82, 2.24) is 9.62 Å². The average Bonchev–Trinajstić information content (AvgIpc) is 2.80. The Morgan fingerprint density at radius 3 is 2.40 bits per heavy atom. The van der Waals surface area contributed by atoms with Gasteiger partial charge in [-0.1, -0.05) is 42.5 Å². The molecule has 3 aromatic rings. The van der Waals surface area contributed by atoms with Gasteiger partial charge in [0, 0.05) is 25.7 Å². The van der Waals surface area contributed by atoms with Crippen LogP contribution in [-0.2, 0) is 14.8 Å². The molecule has 30 heavy (non-hydrogen) atoms. The molecule has 4 rings (SSSR count). The lowest BCUT2D eigenvalue weighted by atomic mass is 10.0. The van der Waals surface area contributed by atoms with Crippen LogP contribution in [0.25, 0.3) is 10.8 Å². The van der Waals surface area contributed by atoms with Gasteiger partial charge in [-0.2, -0.15) is 0 Å². The first-order chi connectivity index (χ1) is 14.6. The number of sulfonamides is 1. The molecule has 7 heteroatoms. The van der Waals surface area contributed by atoms with E-state index in [-0.39, 0.29) is 17.5 Å². The van der Waals surface area contributed by atoms with Crippen LogP contribution in [0.5, 0.6) is 5.75 Å². The molecule has 0 spiro atoms. The van der Waals surface area contributed by atoms with E-state index < -0.39 is 10.0 Å². The molecule has 0 aromatic heterocycles. The predicted molar refractivity (Wildman–Crippen MR) is 117 cm³/mol. The lowest BCUT2D eigenvalue weighted by Crippen LogP contribution is -2.43. The summed E-state index contributed by atoms with van der Waals surface area (Å²) < 4.78 is 39.6. The van der Waals surface area contributed by atoms with Crippen molar-refractivity contribution in [2.45, 2.75) is 10.9 Å². The second-order valence-corrected chi connectivity index (χ2v) is 9.07. The molecule has 0 amide bonds. The predicted octanol–water partition coefficient (Wildman–Crippen LogP) is 3.20. The number of hydrogen-bond donors (Lipinski definition) is 1. The number of morpholine rings is 1. The number of benzene rings is 3. The Morgan fingerprint density at radius 1 is 1.00 bits per heavy atom. The van der Waals surface area contributed by atoms with Gasteiger partial charge >= 0.3 is 0 Å². The number of rotatable bonds is 7. The van der Waals surface area contributed by atoms with Crippen molar-refractivity contribution in [2.75, 3.05) is 40.0 Å². The third kappa shape index (κ3) is 4.65. The van der Waals surface area contributed by atoms with Gasteiger partial charge in [0.25, 0.3) is 0 Å². The third-order valence-electron chi connectivity index (χ3n) is 5.48. The number of ether oxygens (including phenoxy) is 2. The number of nitrogens with one attached hydrogen (secondary N) is 1. The summed E-state index contributed by atoms with van der Waals surface area (Å²) in [6.07, 6.45) is 0. The van der Waals surface area contributed by atoms with Crippen molar-refractivity contribution in [1.29, 1.82) is 0 Å². The van der Waals surface area contributed by atoms with Crippen LogP contribution in [0.4, 0.5) is 0 Å². The minimum Gasteiger partial charge on any atom is -0.497 e. The van der Waals surface area contributed by atoms with Crippen molar-refractivity contribution < 1.29 is 17.9 Å². The zero-order valence-corrected chi connectivity index (χ0v) is 17.8. The molecule has 1 aliphatic rings. The lowest BCUT2D eigenvalue weighted by molar-refractivity contribution is 0.0172. The van der Waals surface area contributed by atoms with Crippen LogP contribution in [0.1, 0.15) is 11.6 Å². The van der Waals surface area contributed by atoms with Gasteiger partial charge < -0.3 is 9.47 Å². The van der Waals surface area contributed by atoms with E-state index in [9.17, 15) is 8.42 Å². The standard InChI is InChI=1S/C23H26N2O4S/c1-28-21-9-6-19(7-10-21)23(25-12-14-29-15-13-25)17-24-30(26,27)22-11-8-18-4-2-3-5-20(18)16-22/h2-11,16,23-24H,12-15,17H2,1H3/t23-/m1/s1. The Morgan fingerprint density at radius 2 is 1.70 bits per heavy atom. The molecule has 0 aliphatic carbocycles. The summed E-state index contributed by atoms with van der Waals surface area (Å²) in [5, 5.41) is 1.92. The van der Waals surface area contributed by atoms with E-state index in [0.29, 0.717) is 13.2 Å². The van der Waals surface area contributed by atoms with Gasteiger partial charge in [-0.25, -0.2) is 13.1 Å². The first-order valence-electron chi connectivity index (χ1n) is 10.0. The highest BCUT2D eigenvalue weighted by Crippen LogP contribution is 2.25. The van der Waals surface area contributed by atoms with E-state index in [1.807, 2.05) is 54.6 Å². The minimum atomic E-state index is -3.64. The normalized spacial score (nSPS) is 16.4. The zero-order valence-electron chi connectivity index (χ0n) is 17.0. The molecule has 0 saturated carbocycles. The quantitative estimate of drug-likeness (QED) is 0.628. The molecule has 158 valence electrons. The molecule has 0 unspecified atom stereocenters. The van der Waals surface area contributed by atoms with Gasteiger partial charge in [-0.3, -0.25) is 4.90 Å². The zero-order chi connectivity index (χ0) is 21.0. The van der Waals surface area contributed by atoms with Crippen LogP contribution >= 0.6 is 0 Å². The van der Waals surface area contributed by atoms with Crippen LogP contribution in [0.2, 0.25) is 0 Å². The molecule has 1 saturated heterocycles. The Labute approximate surface area is 177 Å². The SMILES string of the molecule is COc1ccc([C@@H](CNS(=O)(=O)c2ccc3ccccc3c2)N2CCOCC2)cc1. The monoisotopic (exact) mass is 426 g/mol. The molecule has 3 aromatic carbocycles.